The minimum Gasteiger partial charge on any atom is -0.323 e. The van der Waals surface area contributed by atoms with Crippen LogP contribution < -0.4 is 10.6 Å². The van der Waals surface area contributed by atoms with Crippen LogP contribution in [0.3, 0.4) is 0 Å². The van der Waals surface area contributed by atoms with Gasteiger partial charge in [0.1, 0.15) is 0 Å². The summed E-state index contributed by atoms with van der Waals surface area (Å²) in [6.45, 7) is 0. The van der Waals surface area contributed by atoms with E-state index in [-0.39, 0.29) is 5.91 Å². The minimum atomic E-state index is -0.284. The highest BCUT2D eigenvalue weighted by atomic mass is 35.5. The van der Waals surface area contributed by atoms with E-state index in [1.807, 2.05) is 18.2 Å². The molecule has 0 unspecified atom stereocenters. The molecule has 24 heavy (non-hydrogen) atoms. The van der Waals surface area contributed by atoms with Crippen molar-refractivity contribution in [3.8, 4) is 0 Å². The highest BCUT2D eigenvalue weighted by Gasteiger charge is 2.09. The SMILES string of the molecule is O=C(Nc1ccccc1)c1cnc(Nc2cc(Cl)ccc2Cl)nc1. The van der Waals surface area contributed by atoms with Gasteiger partial charge < -0.3 is 10.6 Å². The van der Waals surface area contributed by atoms with E-state index in [4.69, 9.17) is 23.2 Å². The fraction of sp³-hybridized carbons (Fsp3) is 0. The molecule has 0 fully saturated rings. The molecular weight excluding hydrogens is 347 g/mol. The highest BCUT2D eigenvalue weighted by molar-refractivity contribution is 6.35. The Bertz CT molecular complexity index is 854. The van der Waals surface area contributed by atoms with Crippen LogP contribution in [0.2, 0.25) is 10.0 Å². The molecule has 7 heteroatoms. The van der Waals surface area contributed by atoms with E-state index in [0.717, 1.165) is 0 Å². The second-order valence-corrected chi connectivity index (χ2v) is 5.71. The molecule has 5 nitrogen and oxygen atoms in total. The van der Waals surface area contributed by atoms with Gasteiger partial charge in [-0.25, -0.2) is 9.97 Å². The Labute approximate surface area is 148 Å². The molecule has 1 heterocycles. The molecule has 1 amide bonds. The standard InChI is InChI=1S/C17H12Cl2N4O/c18-12-6-7-14(19)15(8-12)23-17-20-9-11(10-21-17)16(24)22-13-4-2-1-3-5-13/h1-10H,(H,22,24)(H,20,21,23). The largest absolute Gasteiger partial charge is 0.323 e. The first-order valence-corrected chi connectivity index (χ1v) is 7.78. The third-order valence-electron chi connectivity index (χ3n) is 3.12. The number of carbonyl (C=O) groups excluding carboxylic acids is 1. The van der Waals surface area contributed by atoms with E-state index in [1.165, 1.54) is 12.4 Å². The minimum absolute atomic E-state index is 0.284. The summed E-state index contributed by atoms with van der Waals surface area (Å²) in [6.07, 6.45) is 2.87. The summed E-state index contributed by atoms with van der Waals surface area (Å²) in [5, 5.41) is 6.76. The molecule has 0 radical (unpaired) electrons. The normalized spacial score (nSPS) is 10.2. The number of benzene rings is 2. The third kappa shape index (κ3) is 4.01. The smallest absolute Gasteiger partial charge is 0.258 e. The molecule has 0 saturated heterocycles. The molecule has 120 valence electrons. The van der Waals surface area contributed by atoms with Gasteiger partial charge in [0.25, 0.3) is 5.91 Å². The zero-order valence-electron chi connectivity index (χ0n) is 12.3. The van der Waals surface area contributed by atoms with Crippen LogP contribution in [0.5, 0.6) is 0 Å². The van der Waals surface area contributed by atoms with Crippen molar-refractivity contribution in [2.24, 2.45) is 0 Å². The molecule has 0 aliphatic carbocycles. The Kier molecular flexibility index (Phi) is 4.93. The van der Waals surface area contributed by atoms with E-state index in [9.17, 15) is 4.79 Å². The van der Waals surface area contributed by atoms with Crippen molar-refractivity contribution >= 4 is 46.4 Å². The number of hydrogen-bond donors (Lipinski definition) is 2. The number of para-hydroxylation sites is 1. The molecule has 0 spiro atoms. The Balaban J connectivity index is 1.71. The topological polar surface area (TPSA) is 66.9 Å². The number of rotatable bonds is 4. The van der Waals surface area contributed by atoms with Gasteiger partial charge in [0.05, 0.1) is 16.3 Å². The maximum absolute atomic E-state index is 12.1. The first-order valence-electron chi connectivity index (χ1n) is 7.02. The monoisotopic (exact) mass is 358 g/mol. The Morgan fingerprint density at radius 3 is 2.38 bits per heavy atom. The number of hydrogen-bond acceptors (Lipinski definition) is 4. The van der Waals surface area contributed by atoms with E-state index in [2.05, 4.69) is 20.6 Å². The van der Waals surface area contributed by atoms with Crippen LogP contribution in [-0.2, 0) is 0 Å². The molecule has 1 aromatic heterocycles. The van der Waals surface area contributed by atoms with Crippen LogP contribution in [0, 0.1) is 0 Å². The van der Waals surface area contributed by atoms with Gasteiger partial charge in [-0.05, 0) is 30.3 Å². The Morgan fingerprint density at radius 1 is 0.958 bits per heavy atom. The van der Waals surface area contributed by atoms with Crippen molar-refractivity contribution in [2.75, 3.05) is 10.6 Å². The zero-order valence-corrected chi connectivity index (χ0v) is 13.8. The van der Waals surface area contributed by atoms with Crippen molar-refractivity contribution in [1.29, 1.82) is 0 Å². The number of amides is 1. The van der Waals surface area contributed by atoms with Gasteiger partial charge in [0.2, 0.25) is 5.95 Å². The lowest BCUT2D eigenvalue weighted by atomic mass is 10.3. The summed E-state index contributed by atoms with van der Waals surface area (Å²) < 4.78 is 0. The van der Waals surface area contributed by atoms with Crippen molar-refractivity contribution in [1.82, 2.24) is 9.97 Å². The predicted octanol–water partition coefficient (Wildman–Crippen LogP) is 4.78. The summed E-state index contributed by atoms with van der Waals surface area (Å²) in [7, 11) is 0. The van der Waals surface area contributed by atoms with Crippen LogP contribution in [0.1, 0.15) is 10.4 Å². The summed E-state index contributed by atoms with van der Waals surface area (Å²) in [5.41, 5.74) is 1.64. The molecule has 0 aliphatic heterocycles. The predicted molar refractivity (Wildman–Crippen MR) is 96.2 cm³/mol. The molecule has 0 bridgehead atoms. The fourth-order valence-electron chi connectivity index (χ4n) is 1.95. The van der Waals surface area contributed by atoms with Crippen LogP contribution in [-0.4, -0.2) is 15.9 Å². The maximum atomic E-state index is 12.1. The number of nitrogens with zero attached hydrogens (tertiary/aromatic N) is 2. The molecule has 3 aromatic rings. The second kappa shape index (κ2) is 7.29. The summed E-state index contributed by atoms with van der Waals surface area (Å²) in [5.74, 6) is 0.0314. The molecule has 0 atom stereocenters. The average Bonchev–Trinajstić information content (AvgIpc) is 2.60. The Hall–Kier alpha value is -2.63. The van der Waals surface area contributed by atoms with Crippen molar-refractivity contribution in [3.05, 3.63) is 76.5 Å². The molecule has 0 saturated carbocycles. The average molecular weight is 359 g/mol. The third-order valence-corrected chi connectivity index (χ3v) is 3.69. The lowest BCUT2D eigenvalue weighted by molar-refractivity contribution is 0.102. The number of carbonyl (C=O) groups is 1. The van der Waals surface area contributed by atoms with Crippen LogP contribution in [0.15, 0.2) is 60.9 Å². The van der Waals surface area contributed by atoms with E-state index in [0.29, 0.717) is 32.9 Å². The van der Waals surface area contributed by atoms with Gasteiger partial charge in [-0.2, -0.15) is 0 Å². The molecule has 0 aliphatic rings. The van der Waals surface area contributed by atoms with Crippen LogP contribution in [0.25, 0.3) is 0 Å². The molecule has 3 rings (SSSR count). The summed E-state index contributed by atoms with van der Waals surface area (Å²) in [4.78, 5) is 20.4. The van der Waals surface area contributed by atoms with E-state index in [1.54, 1.807) is 30.3 Å². The number of anilines is 3. The number of halogens is 2. The van der Waals surface area contributed by atoms with Crippen LogP contribution >= 0.6 is 23.2 Å². The molecule has 2 aromatic carbocycles. The molecular formula is C17H12Cl2N4O. The van der Waals surface area contributed by atoms with E-state index >= 15 is 0 Å². The number of aromatic nitrogens is 2. The lowest BCUT2D eigenvalue weighted by Crippen LogP contribution is -2.13. The summed E-state index contributed by atoms with van der Waals surface area (Å²) >= 11 is 12.0. The van der Waals surface area contributed by atoms with Gasteiger partial charge in [-0.15, -0.1) is 0 Å². The van der Waals surface area contributed by atoms with Crippen molar-refractivity contribution < 1.29 is 4.79 Å². The maximum Gasteiger partial charge on any atom is 0.258 e. The van der Waals surface area contributed by atoms with Gasteiger partial charge in [0.15, 0.2) is 0 Å². The van der Waals surface area contributed by atoms with Gasteiger partial charge in [0, 0.05) is 23.1 Å². The van der Waals surface area contributed by atoms with Gasteiger partial charge in [-0.3, -0.25) is 4.79 Å². The van der Waals surface area contributed by atoms with E-state index < -0.39 is 0 Å². The van der Waals surface area contributed by atoms with Gasteiger partial charge >= 0.3 is 0 Å². The quantitative estimate of drug-likeness (QED) is 0.704. The fourth-order valence-corrected chi connectivity index (χ4v) is 2.29. The van der Waals surface area contributed by atoms with Crippen LogP contribution in [0.4, 0.5) is 17.3 Å². The first-order chi connectivity index (χ1) is 11.6. The van der Waals surface area contributed by atoms with Crippen molar-refractivity contribution in [3.63, 3.8) is 0 Å². The molecule has 2 N–H and O–H groups in total. The highest BCUT2D eigenvalue weighted by Crippen LogP contribution is 2.27. The first kappa shape index (κ1) is 16.2. The Morgan fingerprint density at radius 2 is 1.67 bits per heavy atom. The zero-order chi connectivity index (χ0) is 16.9. The number of nitrogens with one attached hydrogen (secondary N) is 2. The van der Waals surface area contributed by atoms with Gasteiger partial charge in [-0.1, -0.05) is 41.4 Å². The summed E-state index contributed by atoms with van der Waals surface area (Å²) in [6, 6.07) is 14.2. The second-order valence-electron chi connectivity index (χ2n) is 4.86. The van der Waals surface area contributed by atoms with Crippen molar-refractivity contribution in [2.45, 2.75) is 0 Å². The lowest BCUT2D eigenvalue weighted by Gasteiger charge is -2.08.